The molecular weight excluding hydrogens is 296 g/mol. The van der Waals surface area contributed by atoms with E-state index in [-0.39, 0.29) is 12.1 Å². The summed E-state index contributed by atoms with van der Waals surface area (Å²) in [6.45, 7) is 0. The first kappa shape index (κ1) is 15.2. The van der Waals surface area contributed by atoms with Crippen molar-refractivity contribution in [1.82, 2.24) is 15.5 Å². The normalized spacial score (nSPS) is 16.3. The summed E-state index contributed by atoms with van der Waals surface area (Å²) >= 11 is 0. The number of amides is 2. The summed E-state index contributed by atoms with van der Waals surface area (Å²) in [5.41, 5.74) is 2.99. The van der Waals surface area contributed by atoms with Crippen molar-refractivity contribution in [3.05, 3.63) is 35.7 Å². The molecule has 2 aromatic rings. The number of carbonyl (C=O) groups excluding carboxylic acids is 1. The van der Waals surface area contributed by atoms with Gasteiger partial charge in [-0.2, -0.15) is 5.10 Å². The number of methoxy groups -OCH3 is 2. The van der Waals surface area contributed by atoms with E-state index in [2.05, 4.69) is 20.8 Å². The zero-order chi connectivity index (χ0) is 16.2. The Morgan fingerprint density at radius 3 is 2.91 bits per heavy atom. The molecule has 1 heterocycles. The minimum atomic E-state index is -0.231. The Balaban J connectivity index is 1.59. The average Bonchev–Trinajstić information content (AvgIpc) is 3.02. The number of nitrogens with zero attached hydrogens (tertiary/aromatic N) is 1. The van der Waals surface area contributed by atoms with Crippen LogP contribution >= 0.6 is 0 Å². The fourth-order valence-electron chi connectivity index (χ4n) is 2.80. The highest BCUT2D eigenvalue weighted by Crippen LogP contribution is 2.29. The van der Waals surface area contributed by atoms with Gasteiger partial charge in [-0.05, 0) is 30.5 Å². The van der Waals surface area contributed by atoms with E-state index in [4.69, 9.17) is 9.47 Å². The zero-order valence-corrected chi connectivity index (χ0v) is 13.2. The molecule has 1 unspecified atom stereocenters. The first-order valence-electron chi connectivity index (χ1n) is 7.50. The molecule has 0 fully saturated rings. The predicted octanol–water partition coefficient (Wildman–Crippen LogP) is 2.11. The van der Waals surface area contributed by atoms with Crippen molar-refractivity contribution in [2.45, 2.75) is 25.3 Å². The van der Waals surface area contributed by atoms with Crippen LogP contribution in [-0.2, 0) is 12.8 Å². The van der Waals surface area contributed by atoms with Crippen LogP contribution in [0.25, 0.3) is 0 Å². The number of aromatic amines is 1. The lowest BCUT2D eigenvalue weighted by Gasteiger charge is -2.23. The molecule has 0 saturated heterocycles. The van der Waals surface area contributed by atoms with Crippen LogP contribution in [0.2, 0.25) is 0 Å². The Morgan fingerprint density at radius 2 is 2.13 bits per heavy atom. The van der Waals surface area contributed by atoms with Gasteiger partial charge < -0.3 is 20.1 Å². The number of aromatic nitrogens is 2. The Bertz CT molecular complexity index is 698. The Hall–Kier alpha value is -2.70. The second-order valence-electron chi connectivity index (χ2n) is 5.48. The van der Waals surface area contributed by atoms with Gasteiger partial charge in [-0.15, -0.1) is 0 Å². The maximum Gasteiger partial charge on any atom is 0.319 e. The van der Waals surface area contributed by atoms with Crippen LogP contribution < -0.4 is 20.1 Å². The molecule has 3 N–H and O–H groups in total. The Kier molecular flexibility index (Phi) is 4.36. The van der Waals surface area contributed by atoms with Gasteiger partial charge in [0.05, 0.1) is 20.4 Å². The SMILES string of the molecule is COc1ccc(NC(=O)NC2CCc3cn[nH]c3C2)cc1OC. The van der Waals surface area contributed by atoms with Crippen LogP contribution in [0.5, 0.6) is 11.5 Å². The molecule has 1 aliphatic carbocycles. The monoisotopic (exact) mass is 316 g/mol. The van der Waals surface area contributed by atoms with Gasteiger partial charge in [0.2, 0.25) is 0 Å². The van der Waals surface area contributed by atoms with E-state index in [1.165, 1.54) is 5.56 Å². The smallest absolute Gasteiger partial charge is 0.319 e. The number of rotatable bonds is 4. The van der Waals surface area contributed by atoms with Crippen LogP contribution in [-0.4, -0.2) is 36.5 Å². The first-order chi connectivity index (χ1) is 11.2. The minimum absolute atomic E-state index is 0.100. The number of ether oxygens (including phenoxy) is 2. The van der Waals surface area contributed by atoms with E-state index >= 15 is 0 Å². The van der Waals surface area contributed by atoms with E-state index in [0.717, 1.165) is 25.0 Å². The summed E-state index contributed by atoms with van der Waals surface area (Å²) in [5.74, 6) is 1.20. The van der Waals surface area contributed by atoms with E-state index in [1.807, 2.05) is 6.20 Å². The fourth-order valence-corrected chi connectivity index (χ4v) is 2.80. The Morgan fingerprint density at radius 1 is 1.30 bits per heavy atom. The van der Waals surface area contributed by atoms with E-state index < -0.39 is 0 Å². The van der Waals surface area contributed by atoms with Crippen LogP contribution in [0, 0.1) is 0 Å². The molecule has 1 atom stereocenters. The molecule has 122 valence electrons. The van der Waals surface area contributed by atoms with Crippen LogP contribution in [0.1, 0.15) is 17.7 Å². The molecule has 1 aliphatic rings. The standard InChI is InChI=1S/C16H20N4O3/c1-22-14-6-5-12(8-15(14)23-2)19-16(21)18-11-4-3-10-9-17-20-13(10)7-11/h5-6,8-9,11H,3-4,7H2,1-2H3,(H,17,20)(H2,18,19,21). The van der Waals surface area contributed by atoms with Crippen molar-refractivity contribution < 1.29 is 14.3 Å². The molecule has 23 heavy (non-hydrogen) atoms. The molecule has 0 bridgehead atoms. The number of H-pyrrole nitrogens is 1. The number of benzene rings is 1. The number of fused-ring (bicyclic) bond motifs is 1. The fraction of sp³-hybridized carbons (Fsp3) is 0.375. The third-order valence-corrected chi connectivity index (χ3v) is 4.00. The van der Waals surface area contributed by atoms with E-state index in [0.29, 0.717) is 17.2 Å². The van der Waals surface area contributed by atoms with Crippen molar-refractivity contribution in [1.29, 1.82) is 0 Å². The predicted molar refractivity (Wildman–Crippen MR) is 86.1 cm³/mol. The van der Waals surface area contributed by atoms with Crippen LogP contribution in [0.4, 0.5) is 10.5 Å². The summed E-state index contributed by atoms with van der Waals surface area (Å²) < 4.78 is 10.4. The molecule has 1 aromatic carbocycles. The van der Waals surface area contributed by atoms with E-state index in [9.17, 15) is 4.79 Å². The molecular formula is C16H20N4O3. The lowest BCUT2D eigenvalue weighted by molar-refractivity contribution is 0.247. The third kappa shape index (κ3) is 3.39. The summed E-state index contributed by atoms with van der Waals surface area (Å²) in [6.07, 6.45) is 4.46. The van der Waals surface area contributed by atoms with Crippen molar-refractivity contribution >= 4 is 11.7 Å². The van der Waals surface area contributed by atoms with Gasteiger partial charge >= 0.3 is 6.03 Å². The number of anilines is 1. The number of aryl methyl sites for hydroxylation is 1. The Labute approximate surface area is 134 Å². The third-order valence-electron chi connectivity index (χ3n) is 4.00. The first-order valence-corrected chi connectivity index (χ1v) is 7.50. The van der Waals surface area contributed by atoms with Gasteiger partial charge in [0.1, 0.15) is 0 Å². The molecule has 0 radical (unpaired) electrons. The highest BCUT2D eigenvalue weighted by molar-refractivity contribution is 5.89. The maximum atomic E-state index is 12.2. The molecule has 0 aliphatic heterocycles. The molecule has 7 heteroatoms. The topological polar surface area (TPSA) is 88.3 Å². The van der Waals surface area contributed by atoms with Gasteiger partial charge in [0.25, 0.3) is 0 Å². The number of hydrogen-bond acceptors (Lipinski definition) is 4. The van der Waals surface area contributed by atoms with Gasteiger partial charge in [-0.1, -0.05) is 0 Å². The second-order valence-corrected chi connectivity index (χ2v) is 5.48. The summed E-state index contributed by atoms with van der Waals surface area (Å²) in [6, 6.07) is 5.13. The van der Waals surface area contributed by atoms with Crippen LogP contribution in [0.3, 0.4) is 0 Å². The molecule has 1 aromatic heterocycles. The zero-order valence-electron chi connectivity index (χ0n) is 13.2. The molecule has 0 saturated carbocycles. The number of hydrogen-bond donors (Lipinski definition) is 3. The minimum Gasteiger partial charge on any atom is -0.493 e. The summed E-state index contributed by atoms with van der Waals surface area (Å²) in [7, 11) is 3.14. The van der Waals surface area contributed by atoms with Crippen LogP contribution in [0.15, 0.2) is 24.4 Å². The highest BCUT2D eigenvalue weighted by atomic mass is 16.5. The van der Waals surface area contributed by atoms with Gasteiger partial charge in [0.15, 0.2) is 11.5 Å². The van der Waals surface area contributed by atoms with Gasteiger partial charge in [0, 0.05) is 29.9 Å². The van der Waals surface area contributed by atoms with Crippen molar-refractivity contribution in [3.63, 3.8) is 0 Å². The van der Waals surface area contributed by atoms with E-state index in [1.54, 1.807) is 32.4 Å². The highest BCUT2D eigenvalue weighted by Gasteiger charge is 2.21. The number of nitrogens with one attached hydrogen (secondary N) is 3. The largest absolute Gasteiger partial charge is 0.493 e. The lowest BCUT2D eigenvalue weighted by atomic mass is 9.94. The lowest BCUT2D eigenvalue weighted by Crippen LogP contribution is -2.41. The maximum absolute atomic E-state index is 12.2. The van der Waals surface area contributed by atoms with Crippen molar-refractivity contribution in [2.24, 2.45) is 0 Å². The summed E-state index contributed by atoms with van der Waals surface area (Å²) in [4.78, 5) is 12.2. The molecule has 3 rings (SSSR count). The number of urea groups is 1. The molecule has 0 spiro atoms. The number of carbonyl (C=O) groups is 1. The van der Waals surface area contributed by atoms with Crippen molar-refractivity contribution in [2.75, 3.05) is 19.5 Å². The second kappa shape index (κ2) is 6.60. The summed E-state index contributed by atoms with van der Waals surface area (Å²) in [5, 5.41) is 12.8. The van der Waals surface area contributed by atoms with Crippen molar-refractivity contribution in [3.8, 4) is 11.5 Å². The average molecular weight is 316 g/mol. The van der Waals surface area contributed by atoms with Gasteiger partial charge in [-0.25, -0.2) is 4.79 Å². The quantitative estimate of drug-likeness (QED) is 0.806. The van der Waals surface area contributed by atoms with Gasteiger partial charge in [-0.3, -0.25) is 5.10 Å². The molecule has 7 nitrogen and oxygen atoms in total. The molecule has 2 amide bonds.